The zero-order valence-electron chi connectivity index (χ0n) is 19.9. The van der Waals surface area contributed by atoms with Gasteiger partial charge in [-0.05, 0) is 49.7 Å². The van der Waals surface area contributed by atoms with Crippen molar-refractivity contribution >= 4 is 64.1 Å². The van der Waals surface area contributed by atoms with Gasteiger partial charge in [0.15, 0.2) is 0 Å². The summed E-state index contributed by atoms with van der Waals surface area (Å²) in [5, 5.41) is 9.72. The highest BCUT2D eigenvalue weighted by Crippen LogP contribution is 2.33. The van der Waals surface area contributed by atoms with Crippen molar-refractivity contribution in [3.05, 3.63) is 62.6 Å². The lowest BCUT2D eigenvalue weighted by Gasteiger charge is -2.37. The van der Waals surface area contributed by atoms with Gasteiger partial charge in [-0.3, -0.25) is 9.59 Å². The average Bonchev–Trinajstić information content (AvgIpc) is 2.72. The number of rotatable bonds is 8. The molecule has 0 heterocycles. The lowest BCUT2D eigenvalue weighted by atomic mass is 9.79. The number of amides is 1. The largest absolute Gasteiger partial charge is 0.478 e. The minimum atomic E-state index is -1.23. The van der Waals surface area contributed by atoms with Gasteiger partial charge in [-0.2, -0.15) is 0 Å². The maximum Gasteiger partial charge on any atom is 0.375 e. The van der Waals surface area contributed by atoms with Crippen molar-refractivity contribution in [2.24, 2.45) is 5.41 Å². The molecule has 1 N–H and O–H groups in total. The Bertz CT molecular complexity index is 1170. The van der Waals surface area contributed by atoms with Crippen LogP contribution in [-0.2, 0) is 25.7 Å². The molecule has 0 bridgehead atoms. The van der Waals surface area contributed by atoms with Gasteiger partial charge in [0, 0.05) is 11.1 Å². The van der Waals surface area contributed by atoms with E-state index in [0.29, 0.717) is 10.6 Å². The smallest absolute Gasteiger partial charge is 0.375 e. The molecule has 0 aliphatic carbocycles. The van der Waals surface area contributed by atoms with Gasteiger partial charge in [-0.15, -0.1) is 0 Å². The quantitative estimate of drug-likeness (QED) is 0.242. The first-order valence-corrected chi connectivity index (χ1v) is 11.7. The molecule has 2 aromatic rings. The number of ether oxygens (including phenoxy) is 1. The van der Waals surface area contributed by atoms with E-state index in [9.17, 15) is 24.3 Å². The number of ketones is 1. The number of carbonyl (C=O) groups excluding carboxylic acids is 3. The summed E-state index contributed by atoms with van der Waals surface area (Å²) in [7, 11) is 0. The van der Waals surface area contributed by atoms with Crippen molar-refractivity contribution in [1.29, 1.82) is 0 Å². The molecule has 0 atom stereocenters. The van der Waals surface area contributed by atoms with Crippen LogP contribution in [0.2, 0.25) is 15.1 Å². The predicted octanol–water partition coefficient (Wildman–Crippen LogP) is 6.21. The fourth-order valence-electron chi connectivity index (χ4n) is 2.74. The molecule has 2 rings (SSSR count). The molecule has 1 amide bonds. The summed E-state index contributed by atoms with van der Waals surface area (Å²) in [6, 6.07) is 8.68. The number of benzene rings is 2. The van der Waals surface area contributed by atoms with Gasteiger partial charge < -0.3 is 14.7 Å². The number of Topliss-reactive ketones (excluding diaryl/α,β-unsaturated/α-hetero) is 1. The highest BCUT2D eigenvalue weighted by Gasteiger charge is 2.38. The number of esters is 1. The van der Waals surface area contributed by atoms with E-state index in [2.05, 4.69) is 0 Å². The summed E-state index contributed by atoms with van der Waals surface area (Å²) in [6.45, 7) is 8.90. The van der Waals surface area contributed by atoms with Crippen LogP contribution in [0.4, 0.5) is 5.69 Å². The Balaban J connectivity index is 2.35. The van der Waals surface area contributed by atoms with Gasteiger partial charge in [-0.1, -0.05) is 61.6 Å². The average molecular weight is 543 g/mol. The van der Waals surface area contributed by atoms with Gasteiger partial charge in [0.2, 0.25) is 11.7 Å². The Kier molecular flexibility index (Phi) is 8.98. The third-order valence-electron chi connectivity index (χ3n) is 5.81. The van der Waals surface area contributed by atoms with Crippen molar-refractivity contribution in [3.63, 3.8) is 0 Å². The highest BCUT2D eigenvalue weighted by atomic mass is 35.5. The second-order valence-corrected chi connectivity index (χ2v) is 10.7. The van der Waals surface area contributed by atoms with Crippen LogP contribution in [0.5, 0.6) is 0 Å². The Hall–Kier alpha value is -2.61. The van der Waals surface area contributed by atoms with Crippen molar-refractivity contribution in [2.45, 2.75) is 53.2 Å². The Morgan fingerprint density at radius 2 is 1.51 bits per heavy atom. The van der Waals surface area contributed by atoms with Crippen molar-refractivity contribution in [1.82, 2.24) is 0 Å². The standard InChI is InChI=1S/C25H26Cl3NO6/c1-24(2,3)25(4,5)35-23(34)20(30)12-21(31)29(13-14-6-9-17(26)19(28)10-14)15-7-8-16(22(32)33)18(27)11-15/h6-11H,12-13H2,1-5H3,(H,32,33). The Labute approximate surface area is 218 Å². The maximum absolute atomic E-state index is 13.2. The molecule has 0 aromatic heterocycles. The number of carboxylic acid groups (broad SMARTS) is 1. The molecule has 35 heavy (non-hydrogen) atoms. The second-order valence-electron chi connectivity index (χ2n) is 9.45. The third kappa shape index (κ3) is 7.19. The minimum Gasteiger partial charge on any atom is -0.478 e. The molecule has 2 aromatic carbocycles. The van der Waals surface area contributed by atoms with E-state index in [1.807, 2.05) is 20.8 Å². The van der Waals surface area contributed by atoms with Crippen LogP contribution in [0.25, 0.3) is 0 Å². The first-order chi connectivity index (χ1) is 16.0. The van der Waals surface area contributed by atoms with Gasteiger partial charge in [0.1, 0.15) is 5.60 Å². The van der Waals surface area contributed by atoms with Crippen LogP contribution in [0.15, 0.2) is 36.4 Å². The van der Waals surface area contributed by atoms with Crippen molar-refractivity contribution < 1.29 is 29.0 Å². The molecule has 0 unspecified atom stereocenters. The minimum absolute atomic E-state index is 0.0473. The van der Waals surface area contributed by atoms with Crippen molar-refractivity contribution in [2.75, 3.05) is 4.90 Å². The fraction of sp³-hybridized carbons (Fsp3) is 0.360. The second kappa shape index (κ2) is 11.0. The SMILES string of the molecule is CC(C)(C)C(C)(C)OC(=O)C(=O)CC(=O)N(Cc1ccc(Cl)c(Cl)c1)c1ccc(C(=O)O)c(Cl)c1. The molecule has 0 aliphatic heterocycles. The summed E-state index contributed by atoms with van der Waals surface area (Å²) in [6.07, 6.45) is -0.765. The first kappa shape index (κ1) is 28.6. The molecular weight excluding hydrogens is 517 g/mol. The molecule has 10 heteroatoms. The predicted molar refractivity (Wildman–Crippen MR) is 135 cm³/mol. The van der Waals surface area contributed by atoms with E-state index < -0.39 is 41.1 Å². The van der Waals surface area contributed by atoms with E-state index in [0.717, 1.165) is 0 Å². The lowest BCUT2D eigenvalue weighted by Crippen LogP contribution is -2.43. The van der Waals surface area contributed by atoms with Crippen LogP contribution >= 0.6 is 34.8 Å². The van der Waals surface area contributed by atoms with Gasteiger partial charge in [0.05, 0.1) is 33.6 Å². The zero-order chi connectivity index (χ0) is 26.7. The summed E-state index contributed by atoms with van der Waals surface area (Å²) >= 11 is 18.2. The Morgan fingerprint density at radius 3 is 2.03 bits per heavy atom. The van der Waals surface area contributed by atoms with Crippen LogP contribution in [0.3, 0.4) is 0 Å². The van der Waals surface area contributed by atoms with E-state index in [-0.39, 0.29) is 27.8 Å². The number of halogens is 3. The molecule has 0 fully saturated rings. The van der Waals surface area contributed by atoms with Crippen LogP contribution in [0.1, 0.15) is 57.0 Å². The number of hydrogen-bond donors (Lipinski definition) is 1. The molecule has 188 valence electrons. The molecule has 7 nitrogen and oxygen atoms in total. The molecular formula is C25H26Cl3NO6. The molecule has 0 saturated carbocycles. The summed E-state index contributed by atoms with van der Waals surface area (Å²) in [4.78, 5) is 50.7. The monoisotopic (exact) mass is 541 g/mol. The number of carbonyl (C=O) groups is 4. The summed E-state index contributed by atoms with van der Waals surface area (Å²) in [5.74, 6) is -4.08. The molecule has 0 radical (unpaired) electrons. The normalized spacial score (nSPS) is 11.7. The summed E-state index contributed by atoms with van der Waals surface area (Å²) in [5.41, 5.74) is -0.748. The van der Waals surface area contributed by atoms with Crippen LogP contribution in [-0.4, -0.2) is 34.3 Å². The number of nitrogens with zero attached hydrogens (tertiary/aromatic N) is 1. The number of hydrogen-bond acceptors (Lipinski definition) is 5. The molecule has 0 saturated heterocycles. The van der Waals surface area contributed by atoms with Crippen LogP contribution in [0, 0.1) is 5.41 Å². The van der Waals surface area contributed by atoms with Crippen molar-refractivity contribution in [3.8, 4) is 0 Å². The maximum atomic E-state index is 13.2. The number of aromatic carboxylic acids is 1. The Morgan fingerprint density at radius 1 is 0.886 bits per heavy atom. The van der Waals surface area contributed by atoms with Gasteiger partial charge in [-0.25, -0.2) is 9.59 Å². The zero-order valence-corrected chi connectivity index (χ0v) is 22.2. The summed E-state index contributed by atoms with van der Waals surface area (Å²) < 4.78 is 5.38. The first-order valence-electron chi connectivity index (χ1n) is 10.6. The molecule has 0 aliphatic rings. The van der Waals surface area contributed by atoms with E-state index in [1.54, 1.807) is 32.0 Å². The number of carboxylic acids is 1. The van der Waals surface area contributed by atoms with E-state index in [4.69, 9.17) is 39.5 Å². The van der Waals surface area contributed by atoms with E-state index >= 15 is 0 Å². The lowest BCUT2D eigenvalue weighted by molar-refractivity contribution is -0.172. The third-order valence-corrected chi connectivity index (χ3v) is 6.87. The van der Waals surface area contributed by atoms with Gasteiger partial charge >= 0.3 is 11.9 Å². The molecule has 0 spiro atoms. The van der Waals surface area contributed by atoms with E-state index in [1.165, 1.54) is 23.1 Å². The topological polar surface area (TPSA) is 101 Å². The fourth-order valence-corrected chi connectivity index (χ4v) is 3.31. The number of anilines is 1. The van der Waals surface area contributed by atoms with Gasteiger partial charge in [0.25, 0.3) is 0 Å². The highest BCUT2D eigenvalue weighted by molar-refractivity contribution is 6.42. The van der Waals surface area contributed by atoms with Crippen LogP contribution < -0.4 is 4.90 Å².